The number of morpholine rings is 1. The largest absolute Gasteiger partial charge is 0.494 e. The van der Waals surface area contributed by atoms with Gasteiger partial charge in [0.2, 0.25) is 0 Å². The highest BCUT2D eigenvalue weighted by atomic mass is 19.1. The van der Waals surface area contributed by atoms with Crippen LogP contribution >= 0.6 is 0 Å². The van der Waals surface area contributed by atoms with Gasteiger partial charge < -0.3 is 19.7 Å². The van der Waals surface area contributed by atoms with Crippen LogP contribution in [0.5, 0.6) is 5.75 Å². The van der Waals surface area contributed by atoms with Gasteiger partial charge in [-0.3, -0.25) is 0 Å². The van der Waals surface area contributed by atoms with E-state index in [2.05, 4.69) is 5.32 Å². The molecule has 0 aromatic heterocycles. The van der Waals surface area contributed by atoms with E-state index >= 15 is 0 Å². The van der Waals surface area contributed by atoms with Gasteiger partial charge in [0.15, 0.2) is 11.6 Å². The van der Waals surface area contributed by atoms with Gasteiger partial charge in [-0.2, -0.15) is 0 Å². The molecule has 1 aliphatic heterocycles. The molecule has 1 saturated heterocycles. The first-order valence-corrected chi connectivity index (χ1v) is 6.63. The van der Waals surface area contributed by atoms with Crippen LogP contribution in [0.1, 0.15) is 5.56 Å². The van der Waals surface area contributed by atoms with E-state index in [1.807, 2.05) is 0 Å². The number of amides is 2. The lowest BCUT2D eigenvalue weighted by atomic mass is 10.1. The second-order valence-electron chi connectivity index (χ2n) is 4.55. The van der Waals surface area contributed by atoms with E-state index in [0.29, 0.717) is 39.3 Å². The molecule has 1 fully saturated rings. The van der Waals surface area contributed by atoms with Crippen molar-refractivity contribution in [1.82, 2.24) is 10.2 Å². The standard InChI is InChI=1S/C14H19FN2O3/c1-19-13-3-2-11(10-12(13)15)4-5-16-14(18)17-6-8-20-9-7-17/h2-3,10H,4-9H2,1H3,(H,16,18). The molecule has 1 heterocycles. The molecule has 0 bridgehead atoms. The van der Waals surface area contributed by atoms with Gasteiger partial charge in [-0.15, -0.1) is 0 Å². The molecule has 2 amide bonds. The van der Waals surface area contributed by atoms with Crippen molar-refractivity contribution in [2.24, 2.45) is 0 Å². The zero-order chi connectivity index (χ0) is 14.4. The van der Waals surface area contributed by atoms with Crippen LogP contribution in [0.3, 0.4) is 0 Å². The second-order valence-corrected chi connectivity index (χ2v) is 4.55. The van der Waals surface area contributed by atoms with Gasteiger partial charge in [0.05, 0.1) is 20.3 Å². The number of methoxy groups -OCH3 is 1. The van der Waals surface area contributed by atoms with Crippen LogP contribution in [0.4, 0.5) is 9.18 Å². The maximum Gasteiger partial charge on any atom is 0.317 e. The van der Waals surface area contributed by atoms with Crippen LogP contribution in [-0.2, 0) is 11.2 Å². The summed E-state index contributed by atoms with van der Waals surface area (Å²) in [6.45, 7) is 2.86. The normalized spacial score (nSPS) is 15.0. The molecular weight excluding hydrogens is 263 g/mol. The van der Waals surface area contributed by atoms with Crippen molar-refractivity contribution in [3.63, 3.8) is 0 Å². The highest BCUT2D eigenvalue weighted by molar-refractivity contribution is 5.74. The first kappa shape index (κ1) is 14.6. The van der Waals surface area contributed by atoms with Crippen LogP contribution in [0.15, 0.2) is 18.2 Å². The molecule has 110 valence electrons. The summed E-state index contributed by atoms with van der Waals surface area (Å²) in [6, 6.07) is 4.72. The van der Waals surface area contributed by atoms with Crippen LogP contribution < -0.4 is 10.1 Å². The summed E-state index contributed by atoms with van der Waals surface area (Å²) in [5.74, 6) is -0.157. The maximum atomic E-state index is 13.5. The second kappa shape index (κ2) is 7.09. The summed E-state index contributed by atoms with van der Waals surface area (Å²) in [4.78, 5) is 13.5. The van der Waals surface area contributed by atoms with Crippen LogP contribution in [0, 0.1) is 5.82 Å². The lowest BCUT2D eigenvalue weighted by molar-refractivity contribution is 0.0533. The molecular formula is C14H19FN2O3. The van der Waals surface area contributed by atoms with Crippen LogP contribution in [0.2, 0.25) is 0 Å². The predicted octanol–water partition coefficient (Wildman–Crippen LogP) is 1.42. The molecule has 0 radical (unpaired) electrons. The number of carbonyl (C=O) groups is 1. The average Bonchev–Trinajstić information content (AvgIpc) is 2.48. The van der Waals surface area contributed by atoms with Gasteiger partial charge in [0.1, 0.15) is 0 Å². The van der Waals surface area contributed by atoms with E-state index in [9.17, 15) is 9.18 Å². The number of hydrogen-bond donors (Lipinski definition) is 1. The maximum absolute atomic E-state index is 13.5. The first-order chi connectivity index (χ1) is 9.70. The zero-order valence-corrected chi connectivity index (χ0v) is 11.5. The molecule has 2 rings (SSSR count). The third kappa shape index (κ3) is 3.84. The molecule has 1 N–H and O–H groups in total. The number of carbonyl (C=O) groups excluding carboxylic acids is 1. The van der Waals surface area contributed by atoms with Crippen molar-refractivity contribution in [3.8, 4) is 5.75 Å². The fourth-order valence-corrected chi connectivity index (χ4v) is 2.06. The SMILES string of the molecule is COc1ccc(CCNC(=O)N2CCOCC2)cc1F. The third-order valence-electron chi connectivity index (χ3n) is 3.20. The van der Waals surface area contributed by atoms with Crippen LogP contribution in [-0.4, -0.2) is 50.9 Å². The Labute approximate surface area is 117 Å². The Hall–Kier alpha value is -1.82. The first-order valence-electron chi connectivity index (χ1n) is 6.63. The number of urea groups is 1. The molecule has 5 nitrogen and oxygen atoms in total. The molecule has 0 spiro atoms. The number of rotatable bonds is 4. The Morgan fingerprint density at radius 3 is 2.85 bits per heavy atom. The third-order valence-corrected chi connectivity index (χ3v) is 3.20. The van der Waals surface area contributed by atoms with Crippen molar-refractivity contribution < 1.29 is 18.7 Å². The number of hydrogen-bond acceptors (Lipinski definition) is 3. The molecule has 1 aromatic carbocycles. The van der Waals surface area contributed by atoms with Crippen molar-refractivity contribution in [1.29, 1.82) is 0 Å². The van der Waals surface area contributed by atoms with E-state index < -0.39 is 0 Å². The topological polar surface area (TPSA) is 50.8 Å². The van der Waals surface area contributed by atoms with E-state index in [0.717, 1.165) is 5.56 Å². The number of halogens is 1. The van der Waals surface area contributed by atoms with Gasteiger partial charge in [-0.1, -0.05) is 6.07 Å². The Balaban J connectivity index is 1.77. The monoisotopic (exact) mass is 282 g/mol. The minimum Gasteiger partial charge on any atom is -0.494 e. The number of benzene rings is 1. The fourth-order valence-electron chi connectivity index (χ4n) is 2.06. The molecule has 0 unspecified atom stereocenters. The lowest BCUT2D eigenvalue weighted by Crippen LogP contribution is -2.46. The predicted molar refractivity (Wildman–Crippen MR) is 72.4 cm³/mol. The highest BCUT2D eigenvalue weighted by Gasteiger charge is 2.15. The van der Waals surface area contributed by atoms with Gasteiger partial charge in [-0.05, 0) is 24.1 Å². The Bertz CT molecular complexity index is 462. The molecule has 0 saturated carbocycles. The van der Waals surface area contributed by atoms with Gasteiger partial charge in [0, 0.05) is 19.6 Å². The minimum atomic E-state index is -0.385. The molecule has 1 aliphatic rings. The molecule has 6 heteroatoms. The fraction of sp³-hybridized carbons (Fsp3) is 0.500. The molecule has 1 aromatic rings. The average molecular weight is 282 g/mol. The quantitative estimate of drug-likeness (QED) is 0.908. The Kier molecular flexibility index (Phi) is 5.17. The lowest BCUT2D eigenvalue weighted by Gasteiger charge is -2.26. The summed E-state index contributed by atoms with van der Waals surface area (Å²) in [6.07, 6.45) is 0.580. The smallest absolute Gasteiger partial charge is 0.317 e. The van der Waals surface area contributed by atoms with Crippen molar-refractivity contribution >= 4 is 6.03 Å². The highest BCUT2D eigenvalue weighted by Crippen LogP contribution is 2.17. The summed E-state index contributed by atoms with van der Waals surface area (Å²) >= 11 is 0. The Morgan fingerprint density at radius 1 is 1.45 bits per heavy atom. The number of nitrogens with one attached hydrogen (secondary N) is 1. The summed E-state index contributed by atoms with van der Waals surface area (Å²) in [5, 5.41) is 2.83. The van der Waals surface area contributed by atoms with E-state index in [1.165, 1.54) is 13.2 Å². The van der Waals surface area contributed by atoms with Gasteiger partial charge >= 0.3 is 6.03 Å². The van der Waals surface area contributed by atoms with Gasteiger partial charge in [-0.25, -0.2) is 9.18 Å². The summed E-state index contributed by atoms with van der Waals surface area (Å²) in [7, 11) is 1.43. The Morgan fingerprint density at radius 2 is 2.20 bits per heavy atom. The van der Waals surface area contributed by atoms with E-state index in [4.69, 9.17) is 9.47 Å². The summed E-state index contributed by atoms with van der Waals surface area (Å²) < 4.78 is 23.5. The zero-order valence-electron chi connectivity index (χ0n) is 11.5. The van der Waals surface area contributed by atoms with Crippen molar-refractivity contribution in [3.05, 3.63) is 29.6 Å². The van der Waals surface area contributed by atoms with Crippen molar-refractivity contribution in [2.45, 2.75) is 6.42 Å². The van der Waals surface area contributed by atoms with Gasteiger partial charge in [0.25, 0.3) is 0 Å². The summed E-state index contributed by atoms with van der Waals surface area (Å²) in [5.41, 5.74) is 0.825. The van der Waals surface area contributed by atoms with Crippen molar-refractivity contribution in [2.75, 3.05) is 40.0 Å². The number of ether oxygens (including phenoxy) is 2. The molecule has 0 atom stereocenters. The van der Waals surface area contributed by atoms with E-state index in [-0.39, 0.29) is 17.6 Å². The molecule has 20 heavy (non-hydrogen) atoms. The minimum absolute atomic E-state index is 0.0951. The van der Waals surface area contributed by atoms with Crippen LogP contribution in [0.25, 0.3) is 0 Å². The molecule has 0 aliphatic carbocycles. The van der Waals surface area contributed by atoms with E-state index in [1.54, 1.807) is 17.0 Å². The number of nitrogens with zero attached hydrogens (tertiary/aromatic N) is 1.